The molecule has 2 unspecified atom stereocenters. The molecule has 2 heterocycles. The van der Waals surface area contributed by atoms with Crippen molar-refractivity contribution in [3.8, 4) is 0 Å². The number of hydrogen-bond acceptors (Lipinski definition) is 6. The Kier molecular flexibility index (Phi) is 3.14. The number of allylic oxidation sites excluding steroid dienone is 2. The molecule has 1 fully saturated rings. The number of carboxylic acids is 1. The molecule has 1 saturated heterocycles. The molecule has 2 aliphatic rings. The van der Waals surface area contributed by atoms with Gasteiger partial charge in [-0.2, -0.15) is 0 Å². The van der Waals surface area contributed by atoms with Gasteiger partial charge in [0.25, 0.3) is 5.24 Å². The van der Waals surface area contributed by atoms with E-state index in [0.29, 0.717) is 18.2 Å². The topological polar surface area (TPSA) is 113 Å². The lowest BCUT2D eigenvalue weighted by Gasteiger charge is -2.25. The van der Waals surface area contributed by atoms with Gasteiger partial charge in [-0.3, -0.25) is 9.59 Å². The molecule has 0 saturated carbocycles. The predicted molar refractivity (Wildman–Crippen MR) is 60.4 cm³/mol. The number of nitrogens with one attached hydrogen (secondary N) is 1. The Balaban J connectivity index is 2.37. The molecule has 7 nitrogen and oxygen atoms in total. The Bertz CT molecular complexity index is 485. The molecule has 8 heteroatoms. The van der Waals surface area contributed by atoms with Crippen LogP contribution in [0.5, 0.6) is 0 Å². The molecule has 96 valence electrons. The van der Waals surface area contributed by atoms with Crippen molar-refractivity contribution < 1.29 is 29.3 Å². The molecule has 2 rings (SSSR count). The standard InChI is InChI=1S/C10H9NO6S/c12-6(5-3-1-2-4-17-5)10(7(13)14)8(15)18-9(16)11-10/h2-4,8,15H,1H2,(H,11,16)(H,13,14). The number of hydrogen-bond donors (Lipinski definition) is 3. The number of aliphatic hydroxyl groups excluding tert-OH is 1. The first kappa shape index (κ1) is 12.7. The van der Waals surface area contributed by atoms with E-state index in [0.717, 1.165) is 0 Å². The van der Waals surface area contributed by atoms with Crippen LogP contribution in [0.2, 0.25) is 0 Å². The van der Waals surface area contributed by atoms with Gasteiger partial charge in [0.1, 0.15) is 0 Å². The van der Waals surface area contributed by atoms with E-state index in [4.69, 9.17) is 9.84 Å². The Morgan fingerprint density at radius 1 is 1.56 bits per heavy atom. The van der Waals surface area contributed by atoms with Crippen LogP contribution in [-0.2, 0) is 14.3 Å². The highest BCUT2D eigenvalue weighted by molar-refractivity contribution is 8.14. The molecule has 0 aliphatic carbocycles. The van der Waals surface area contributed by atoms with Crippen LogP contribution in [-0.4, -0.2) is 38.2 Å². The highest BCUT2D eigenvalue weighted by atomic mass is 32.2. The number of amides is 1. The van der Waals surface area contributed by atoms with Crippen molar-refractivity contribution in [3.05, 3.63) is 24.2 Å². The van der Waals surface area contributed by atoms with Crippen LogP contribution in [0.25, 0.3) is 0 Å². The van der Waals surface area contributed by atoms with Crippen LogP contribution < -0.4 is 5.32 Å². The fourth-order valence-corrected chi connectivity index (χ4v) is 2.47. The summed E-state index contributed by atoms with van der Waals surface area (Å²) >= 11 is 0.351. The molecule has 0 aromatic carbocycles. The molecule has 3 N–H and O–H groups in total. The number of carbonyl (C=O) groups is 3. The lowest BCUT2D eigenvalue weighted by atomic mass is 9.92. The Labute approximate surface area is 105 Å². The zero-order valence-corrected chi connectivity index (χ0v) is 9.77. The molecule has 0 radical (unpaired) electrons. The molecular weight excluding hydrogens is 262 g/mol. The van der Waals surface area contributed by atoms with Crippen molar-refractivity contribution in [1.29, 1.82) is 0 Å². The quantitative estimate of drug-likeness (QED) is 0.618. The normalized spacial score (nSPS) is 30.4. The van der Waals surface area contributed by atoms with E-state index in [1.165, 1.54) is 12.3 Å². The summed E-state index contributed by atoms with van der Waals surface area (Å²) in [6, 6.07) is 0. The van der Waals surface area contributed by atoms with Crippen LogP contribution in [0.1, 0.15) is 6.42 Å². The zero-order valence-electron chi connectivity index (χ0n) is 8.95. The number of aliphatic carboxylic acids is 1. The predicted octanol–water partition coefficient (Wildman–Crippen LogP) is -0.0284. The van der Waals surface area contributed by atoms with Gasteiger partial charge >= 0.3 is 5.97 Å². The lowest BCUT2D eigenvalue weighted by Crippen LogP contribution is -2.61. The average Bonchev–Trinajstić information content (AvgIpc) is 2.65. The third kappa shape index (κ3) is 1.79. The number of thioether (sulfide) groups is 1. The van der Waals surface area contributed by atoms with Gasteiger partial charge in [-0.1, -0.05) is 0 Å². The molecule has 0 spiro atoms. The van der Waals surface area contributed by atoms with Crippen molar-refractivity contribution in [1.82, 2.24) is 5.32 Å². The summed E-state index contributed by atoms with van der Waals surface area (Å²) in [5.74, 6) is -2.82. The van der Waals surface area contributed by atoms with E-state index in [-0.39, 0.29) is 5.76 Å². The second kappa shape index (κ2) is 4.46. The number of Topliss-reactive ketones (excluding diaryl/α,β-unsaturated/α-hetero) is 1. The van der Waals surface area contributed by atoms with Gasteiger partial charge < -0.3 is 20.3 Å². The minimum absolute atomic E-state index is 0.207. The zero-order chi connectivity index (χ0) is 13.3. The van der Waals surface area contributed by atoms with Gasteiger partial charge in [0.15, 0.2) is 11.2 Å². The monoisotopic (exact) mass is 271 g/mol. The van der Waals surface area contributed by atoms with Crippen LogP contribution in [0.15, 0.2) is 24.2 Å². The van der Waals surface area contributed by atoms with E-state index in [2.05, 4.69) is 0 Å². The number of rotatable bonds is 3. The van der Waals surface area contributed by atoms with E-state index in [1.54, 1.807) is 6.08 Å². The Morgan fingerprint density at radius 3 is 2.72 bits per heavy atom. The maximum Gasteiger partial charge on any atom is 0.341 e. The highest BCUT2D eigenvalue weighted by Crippen LogP contribution is 2.33. The van der Waals surface area contributed by atoms with Crippen LogP contribution in [0, 0.1) is 0 Å². The lowest BCUT2D eigenvalue weighted by molar-refractivity contribution is -0.151. The Hall–Kier alpha value is -1.80. The third-order valence-electron chi connectivity index (χ3n) is 2.54. The molecule has 0 bridgehead atoms. The van der Waals surface area contributed by atoms with Gasteiger partial charge in [0.2, 0.25) is 11.3 Å². The minimum Gasteiger partial charge on any atom is -0.479 e. The van der Waals surface area contributed by atoms with Gasteiger partial charge in [-0.15, -0.1) is 0 Å². The SMILES string of the molecule is O=C1NC(C(=O)O)(C(=O)C2=CCC=CO2)C(O)S1. The Morgan fingerprint density at radius 2 is 2.28 bits per heavy atom. The first-order valence-electron chi connectivity index (χ1n) is 4.95. The van der Waals surface area contributed by atoms with Crippen molar-refractivity contribution in [2.75, 3.05) is 0 Å². The summed E-state index contributed by atoms with van der Waals surface area (Å²) in [4.78, 5) is 34.5. The van der Waals surface area contributed by atoms with Crippen molar-refractivity contribution in [3.63, 3.8) is 0 Å². The van der Waals surface area contributed by atoms with E-state index < -0.39 is 28.0 Å². The van der Waals surface area contributed by atoms with Gasteiger partial charge in [0, 0.05) is 0 Å². The largest absolute Gasteiger partial charge is 0.479 e. The maximum absolute atomic E-state index is 12.1. The van der Waals surface area contributed by atoms with Gasteiger partial charge in [0.05, 0.1) is 6.26 Å². The van der Waals surface area contributed by atoms with Gasteiger partial charge in [-0.25, -0.2) is 4.79 Å². The summed E-state index contributed by atoms with van der Waals surface area (Å²) in [6.07, 6.45) is 4.67. The second-order valence-corrected chi connectivity index (χ2v) is 4.67. The summed E-state index contributed by atoms with van der Waals surface area (Å²) in [6.45, 7) is 0. The van der Waals surface area contributed by atoms with Crippen molar-refractivity contribution in [2.24, 2.45) is 0 Å². The van der Waals surface area contributed by atoms with Crippen LogP contribution in [0.3, 0.4) is 0 Å². The molecule has 18 heavy (non-hydrogen) atoms. The van der Waals surface area contributed by atoms with Crippen LogP contribution in [0.4, 0.5) is 4.79 Å². The molecule has 2 aliphatic heterocycles. The van der Waals surface area contributed by atoms with E-state index >= 15 is 0 Å². The highest BCUT2D eigenvalue weighted by Gasteiger charge is 2.60. The third-order valence-corrected chi connectivity index (χ3v) is 3.43. The summed E-state index contributed by atoms with van der Waals surface area (Å²) in [5, 5.41) is 20.0. The number of ether oxygens (including phenoxy) is 1. The fraction of sp³-hybridized carbons (Fsp3) is 0.300. The van der Waals surface area contributed by atoms with E-state index in [1.807, 2.05) is 5.32 Å². The number of carbonyl (C=O) groups excluding carboxylic acids is 2. The number of carboxylic acid groups (broad SMARTS) is 1. The summed E-state index contributed by atoms with van der Waals surface area (Å²) in [7, 11) is 0. The van der Waals surface area contributed by atoms with Gasteiger partial charge in [-0.05, 0) is 30.3 Å². The van der Waals surface area contributed by atoms with Crippen molar-refractivity contribution >= 4 is 28.8 Å². The smallest absolute Gasteiger partial charge is 0.341 e. The van der Waals surface area contributed by atoms with E-state index in [9.17, 15) is 19.5 Å². The average molecular weight is 271 g/mol. The maximum atomic E-state index is 12.1. The first-order chi connectivity index (χ1) is 8.48. The molecular formula is C10H9NO6S. The van der Waals surface area contributed by atoms with Crippen LogP contribution >= 0.6 is 11.8 Å². The summed E-state index contributed by atoms with van der Waals surface area (Å²) < 4.78 is 4.91. The first-order valence-corrected chi connectivity index (χ1v) is 5.83. The number of aliphatic hydroxyl groups is 1. The second-order valence-electron chi connectivity index (χ2n) is 3.62. The molecule has 0 aromatic heterocycles. The summed E-state index contributed by atoms with van der Waals surface area (Å²) in [5.41, 5.74) is -4.09. The van der Waals surface area contributed by atoms with Crippen molar-refractivity contribution in [2.45, 2.75) is 17.4 Å². The fourth-order valence-electron chi connectivity index (χ4n) is 1.61. The molecule has 2 atom stereocenters. The molecule has 0 aromatic rings. The number of ketones is 1. The molecule has 1 amide bonds. The minimum atomic E-state index is -2.39.